The first-order valence-corrected chi connectivity index (χ1v) is 8.93. The molecule has 1 aromatic rings. The summed E-state index contributed by atoms with van der Waals surface area (Å²) < 4.78 is 5.54. The van der Waals surface area contributed by atoms with Gasteiger partial charge in [-0.15, -0.1) is 25.3 Å². The number of benzene rings is 1. The number of aromatic hydroxyl groups is 1. The average molecular weight is 371 g/mol. The van der Waals surface area contributed by atoms with Crippen molar-refractivity contribution in [2.75, 3.05) is 0 Å². The molecule has 0 aliphatic heterocycles. The van der Waals surface area contributed by atoms with E-state index in [1.807, 2.05) is 62.3 Å². The maximum absolute atomic E-state index is 12.8. The fourth-order valence-electron chi connectivity index (χ4n) is 2.65. The lowest BCUT2D eigenvalue weighted by Gasteiger charge is -2.32. The van der Waals surface area contributed by atoms with Gasteiger partial charge in [-0.05, 0) is 31.6 Å². The number of thiol groups is 2. The van der Waals surface area contributed by atoms with E-state index in [4.69, 9.17) is 4.74 Å². The molecule has 0 amide bonds. The van der Waals surface area contributed by atoms with Crippen LogP contribution < -0.4 is 0 Å². The fourth-order valence-corrected chi connectivity index (χ4v) is 4.03. The van der Waals surface area contributed by atoms with Gasteiger partial charge in [-0.1, -0.05) is 41.5 Å². The molecule has 0 heterocycles. The maximum atomic E-state index is 12.8. The number of esters is 1. The van der Waals surface area contributed by atoms with Crippen LogP contribution in [0.5, 0.6) is 5.75 Å². The van der Waals surface area contributed by atoms with E-state index in [9.17, 15) is 9.90 Å². The number of hydrogen-bond acceptors (Lipinski definition) is 5. The number of carbonyl (C=O) groups is 1. The van der Waals surface area contributed by atoms with E-state index < -0.39 is 11.6 Å². The Hall–Kier alpha value is -0.810. The second-order valence-electron chi connectivity index (χ2n) is 9.17. The zero-order valence-electron chi connectivity index (χ0n) is 16.2. The molecule has 0 aliphatic rings. The summed E-state index contributed by atoms with van der Waals surface area (Å²) in [7, 11) is 0. The minimum atomic E-state index is -0.626. The van der Waals surface area contributed by atoms with Crippen LogP contribution in [0.25, 0.3) is 0 Å². The molecule has 0 atom stereocenters. The minimum Gasteiger partial charge on any atom is -0.507 e. The van der Waals surface area contributed by atoms with E-state index >= 15 is 0 Å². The first kappa shape index (κ1) is 21.2. The van der Waals surface area contributed by atoms with E-state index in [1.165, 1.54) is 0 Å². The van der Waals surface area contributed by atoms with E-state index in [1.54, 1.807) is 0 Å². The van der Waals surface area contributed by atoms with Gasteiger partial charge in [0.2, 0.25) is 0 Å². The van der Waals surface area contributed by atoms with Gasteiger partial charge in [-0.25, -0.2) is 4.79 Å². The first-order valence-electron chi connectivity index (χ1n) is 8.03. The summed E-state index contributed by atoms with van der Waals surface area (Å²) in [6, 6.07) is 0. The molecule has 136 valence electrons. The molecular formula is C19H30O3S2. The zero-order chi connectivity index (χ0) is 19.2. The molecule has 3 nitrogen and oxygen atoms in total. The highest BCUT2D eigenvalue weighted by Gasteiger charge is 2.35. The summed E-state index contributed by atoms with van der Waals surface area (Å²) in [5.41, 5.74) is 0.172. The molecule has 1 aromatic carbocycles. The lowest BCUT2D eigenvalue weighted by atomic mass is 9.78. The SMILES string of the molecule is CC(C)(C)OC(=O)c1c(S)c(C(C)(C)C)c(O)c(C(C)(C)C)c1S. The molecule has 0 spiro atoms. The minimum absolute atomic E-state index is 0.150. The molecule has 5 heteroatoms. The first-order chi connectivity index (χ1) is 10.5. The van der Waals surface area contributed by atoms with Crippen molar-refractivity contribution in [1.82, 2.24) is 0 Å². The molecule has 0 radical (unpaired) electrons. The number of ether oxygens (including phenoxy) is 1. The van der Waals surface area contributed by atoms with Crippen LogP contribution in [0.15, 0.2) is 9.79 Å². The van der Waals surface area contributed by atoms with Crippen LogP contribution in [0.3, 0.4) is 0 Å². The molecule has 24 heavy (non-hydrogen) atoms. The monoisotopic (exact) mass is 370 g/mol. The van der Waals surface area contributed by atoms with Crippen LogP contribution in [0.2, 0.25) is 0 Å². The fraction of sp³-hybridized carbons (Fsp3) is 0.632. The second kappa shape index (κ2) is 6.49. The van der Waals surface area contributed by atoms with Gasteiger partial charge in [0, 0.05) is 20.9 Å². The standard InChI is InChI=1S/C19H30O3S2/c1-17(2,3)11-13(20)12(18(4,5)6)15(24)10(14(11)23)16(21)22-19(7,8)9/h20,23-24H,1-9H3. The van der Waals surface area contributed by atoms with Crippen molar-refractivity contribution in [1.29, 1.82) is 0 Å². The quantitative estimate of drug-likeness (QED) is 0.450. The van der Waals surface area contributed by atoms with Crippen molar-refractivity contribution >= 4 is 31.2 Å². The van der Waals surface area contributed by atoms with Crippen molar-refractivity contribution in [3.8, 4) is 5.75 Å². The Morgan fingerprint density at radius 2 is 1.17 bits per heavy atom. The number of rotatable bonds is 1. The Kier molecular flexibility index (Phi) is 5.74. The van der Waals surface area contributed by atoms with Crippen molar-refractivity contribution in [3.63, 3.8) is 0 Å². The van der Waals surface area contributed by atoms with Gasteiger partial charge in [0.25, 0.3) is 0 Å². The summed E-state index contributed by atoms with van der Waals surface area (Å²) in [6.07, 6.45) is 0. The largest absolute Gasteiger partial charge is 0.507 e. The van der Waals surface area contributed by atoms with Gasteiger partial charge in [-0.2, -0.15) is 0 Å². The molecule has 0 saturated carbocycles. The van der Waals surface area contributed by atoms with Crippen LogP contribution >= 0.6 is 25.3 Å². The summed E-state index contributed by atoms with van der Waals surface area (Å²) >= 11 is 9.13. The van der Waals surface area contributed by atoms with Crippen LogP contribution in [-0.4, -0.2) is 16.7 Å². The smallest absolute Gasteiger partial charge is 0.340 e. The Bertz CT molecular complexity index is 616. The van der Waals surface area contributed by atoms with Gasteiger partial charge < -0.3 is 9.84 Å². The van der Waals surface area contributed by atoms with Crippen molar-refractivity contribution in [2.45, 2.75) is 88.5 Å². The average Bonchev–Trinajstić information content (AvgIpc) is 2.20. The predicted molar refractivity (Wildman–Crippen MR) is 105 cm³/mol. The van der Waals surface area contributed by atoms with Crippen molar-refractivity contribution in [2.24, 2.45) is 0 Å². The Balaban J connectivity index is 3.87. The van der Waals surface area contributed by atoms with E-state index in [2.05, 4.69) is 25.3 Å². The second-order valence-corrected chi connectivity index (χ2v) is 10.1. The zero-order valence-corrected chi connectivity index (χ0v) is 17.9. The van der Waals surface area contributed by atoms with Crippen molar-refractivity contribution in [3.05, 3.63) is 16.7 Å². The molecule has 0 aliphatic carbocycles. The van der Waals surface area contributed by atoms with Gasteiger partial charge in [-0.3, -0.25) is 0 Å². The summed E-state index contributed by atoms with van der Waals surface area (Å²) in [6.45, 7) is 17.3. The van der Waals surface area contributed by atoms with Gasteiger partial charge in [0.15, 0.2) is 0 Å². The highest BCUT2D eigenvalue weighted by Crippen LogP contribution is 2.47. The Morgan fingerprint density at radius 3 is 1.42 bits per heavy atom. The van der Waals surface area contributed by atoms with E-state index in [-0.39, 0.29) is 16.6 Å². The van der Waals surface area contributed by atoms with Gasteiger partial charge in [0.05, 0.1) is 5.56 Å². The molecule has 0 fully saturated rings. The predicted octanol–water partition coefficient (Wildman–Crippen LogP) is 5.52. The topological polar surface area (TPSA) is 46.5 Å². The Morgan fingerprint density at radius 1 is 0.833 bits per heavy atom. The van der Waals surface area contributed by atoms with E-state index in [0.29, 0.717) is 26.5 Å². The van der Waals surface area contributed by atoms with Gasteiger partial charge in [0.1, 0.15) is 11.4 Å². The summed E-state index contributed by atoms with van der Waals surface area (Å²) in [5.74, 6) is -0.328. The number of hydrogen-bond donors (Lipinski definition) is 3. The molecule has 0 unspecified atom stereocenters. The Labute approximate surface area is 157 Å². The normalized spacial score (nSPS) is 13.1. The molecule has 0 aromatic heterocycles. The lowest BCUT2D eigenvalue weighted by molar-refractivity contribution is 0.00608. The number of phenols is 1. The highest BCUT2D eigenvalue weighted by atomic mass is 32.1. The van der Waals surface area contributed by atoms with E-state index in [0.717, 1.165) is 0 Å². The third-order valence-electron chi connectivity index (χ3n) is 3.52. The number of phenolic OH excluding ortho intramolecular Hbond substituents is 1. The van der Waals surface area contributed by atoms with Crippen LogP contribution in [0, 0.1) is 0 Å². The molecule has 1 rings (SSSR count). The third kappa shape index (κ3) is 4.42. The molecule has 1 N–H and O–H groups in total. The van der Waals surface area contributed by atoms with Crippen LogP contribution in [0.4, 0.5) is 0 Å². The molecular weight excluding hydrogens is 340 g/mol. The van der Waals surface area contributed by atoms with Crippen LogP contribution in [-0.2, 0) is 15.6 Å². The highest BCUT2D eigenvalue weighted by molar-refractivity contribution is 7.81. The summed E-state index contributed by atoms with van der Waals surface area (Å²) in [5, 5.41) is 10.9. The molecule has 0 bridgehead atoms. The molecule has 0 saturated heterocycles. The van der Waals surface area contributed by atoms with Crippen molar-refractivity contribution < 1.29 is 14.6 Å². The van der Waals surface area contributed by atoms with Crippen LogP contribution in [0.1, 0.15) is 83.8 Å². The number of carbonyl (C=O) groups excluding carboxylic acids is 1. The third-order valence-corrected chi connectivity index (χ3v) is 4.42. The van der Waals surface area contributed by atoms with Gasteiger partial charge >= 0.3 is 5.97 Å². The maximum Gasteiger partial charge on any atom is 0.340 e. The summed E-state index contributed by atoms with van der Waals surface area (Å²) in [4.78, 5) is 13.6. The lowest BCUT2D eigenvalue weighted by Crippen LogP contribution is -2.27.